The molecule has 0 aromatic carbocycles. The third-order valence-corrected chi connectivity index (χ3v) is 3.49. The molecule has 0 amide bonds. The van der Waals surface area contributed by atoms with Crippen LogP contribution in [0.15, 0.2) is 6.20 Å². The maximum absolute atomic E-state index is 5.95. The number of hydrogen-bond acceptors (Lipinski definition) is 3. The van der Waals surface area contributed by atoms with Gasteiger partial charge < -0.3 is 5.32 Å². The van der Waals surface area contributed by atoms with Crippen LogP contribution in [0.4, 0.5) is 5.82 Å². The molecule has 1 saturated carbocycles. The van der Waals surface area contributed by atoms with Gasteiger partial charge in [-0.2, -0.15) is 4.98 Å². The zero-order valence-corrected chi connectivity index (χ0v) is 10.6. The van der Waals surface area contributed by atoms with Gasteiger partial charge in [0, 0.05) is 6.54 Å². The summed E-state index contributed by atoms with van der Waals surface area (Å²) in [4.78, 5) is 7.86. The van der Waals surface area contributed by atoms with Gasteiger partial charge in [0.2, 0.25) is 5.28 Å². The summed E-state index contributed by atoms with van der Waals surface area (Å²) in [5.41, 5.74) is 0. The number of hydrogen-bond donors (Lipinski definition) is 1. The fourth-order valence-corrected chi connectivity index (χ4v) is 2.45. The van der Waals surface area contributed by atoms with E-state index < -0.39 is 0 Å². The fourth-order valence-electron chi connectivity index (χ4n) is 2.16. The van der Waals surface area contributed by atoms with Crippen molar-refractivity contribution in [2.75, 3.05) is 11.9 Å². The third kappa shape index (κ3) is 3.22. The van der Waals surface area contributed by atoms with Gasteiger partial charge in [0.15, 0.2) is 0 Å². The molecule has 0 atom stereocenters. The van der Waals surface area contributed by atoms with E-state index in [2.05, 4.69) is 15.3 Å². The Balaban J connectivity index is 1.82. The summed E-state index contributed by atoms with van der Waals surface area (Å²) >= 11 is 11.6. The number of anilines is 1. The smallest absolute Gasteiger partial charge is 0.224 e. The molecule has 16 heavy (non-hydrogen) atoms. The maximum atomic E-state index is 5.95. The summed E-state index contributed by atoms with van der Waals surface area (Å²) in [6.45, 7) is 0.901. The largest absolute Gasteiger partial charge is 0.369 e. The van der Waals surface area contributed by atoms with Crippen molar-refractivity contribution < 1.29 is 0 Å². The van der Waals surface area contributed by atoms with E-state index in [1.165, 1.54) is 38.3 Å². The van der Waals surface area contributed by atoms with Gasteiger partial charge in [-0.15, -0.1) is 0 Å². The lowest BCUT2D eigenvalue weighted by atomic mass is 10.0. The van der Waals surface area contributed by atoms with E-state index in [9.17, 15) is 0 Å². The number of halogens is 2. The fraction of sp³-hybridized carbons (Fsp3) is 0.636. The molecule has 1 aromatic rings. The molecule has 0 aliphatic heterocycles. The highest BCUT2D eigenvalue weighted by Crippen LogP contribution is 2.27. The predicted octanol–water partition coefficient (Wildman–Crippen LogP) is 3.78. The van der Waals surface area contributed by atoms with Crippen molar-refractivity contribution in [3.8, 4) is 0 Å². The van der Waals surface area contributed by atoms with Crippen molar-refractivity contribution in [2.45, 2.75) is 32.1 Å². The van der Waals surface area contributed by atoms with Gasteiger partial charge >= 0.3 is 0 Å². The van der Waals surface area contributed by atoms with Gasteiger partial charge in [0.05, 0.1) is 6.20 Å². The van der Waals surface area contributed by atoms with Gasteiger partial charge in [-0.3, -0.25) is 0 Å². The Morgan fingerprint density at radius 1 is 1.31 bits per heavy atom. The van der Waals surface area contributed by atoms with Crippen molar-refractivity contribution in [3.63, 3.8) is 0 Å². The molecule has 1 aromatic heterocycles. The Bertz CT molecular complexity index is 351. The van der Waals surface area contributed by atoms with E-state index in [0.29, 0.717) is 10.8 Å². The highest BCUT2D eigenvalue weighted by molar-refractivity contribution is 6.33. The molecule has 88 valence electrons. The predicted molar refractivity (Wildman–Crippen MR) is 67.1 cm³/mol. The first-order valence-electron chi connectivity index (χ1n) is 5.67. The quantitative estimate of drug-likeness (QED) is 0.837. The van der Waals surface area contributed by atoms with Crippen molar-refractivity contribution >= 4 is 29.0 Å². The lowest BCUT2D eigenvalue weighted by Gasteiger charge is -2.10. The number of rotatable bonds is 4. The SMILES string of the molecule is Clc1ncc(Cl)c(NCCC2CCCC2)n1. The van der Waals surface area contributed by atoms with E-state index in [0.717, 1.165) is 12.5 Å². The average Bonchev–Trinajstić information content (AvgIpc) is 2.76. The average molecular weight is 260 g/mol. The minimum atomic E-state index is 0.229. The summed E-state index contributed by atoms with van der Waals surface area (Å²) in [5.74, 6) is 1.50. The Morgan fingerprint density at radius 3 is 2.81 bits per heavy atom. The molecule has 1 heterocycles. The van der Waals surface area contributed by atoms with Gasteiger partial charge in [-0.05, 0) is 23.9 Å². The number of aromatic nitrogens is 2. The number of nitrogens with one attached hydrogen (secondary N) is 1. The molecule has 0 spiro atoms. The monoisotopic (exact) mass is 259 g/mol. The van der Waals surface area contributed by atoms with E-state index >= 15 is 0 Å². The van der Waals surface area contributed by atoms with Gasteiger partial charge in [-0.25, -0.2) is 4.98 Å². The molecule has 5 heteroatoms. The number of nitrogens with zero attached hydrogens (tertiary/aromatic N) is 2. The van der Waals surface area contributed by atoms with E-state index in [1.54, 1.807) is 0 Å². The van der Waals surface area contributed by atoms with Gasteiger partial charge in [0.25, 0.3) is 0 Å². The van der Waals surface area contributed by atoms with Crippen molar-refractivity contribution in [2.24, 2.45) is 5.92 Å². The van der Waals surface area contributed by atoms with Crippen LogP contribution in [-0.4, -0.2) is 16.5 Å². The van der Waals surface area contributed by atoms with Crippen molar-refractivity contribution in [1.29, 1.82) is 0 Å². The van der Waals surface area contributed by atoms with E-state index in [4.69, 9.17) is 23.2 Å². The van der Waals surface area contributed by atoms with Crippen LogP contribution in [0.1, 0.15) is 32.1 Å². The van der Waals surface area contributed by atoms with E-state index in [1.807, 2.05) is 0 Å². The van der Waals surface area contributed by atoms with Crippen LogP contribution in [0.2, 0.25) is 10.3 Å². The highest BCUT2D eigenvalue weighted by atomic mass is 35.5. The maximum Gasteiger partial charge on any atom is 0.224 e. The third-order valence-electron chi connectivity index (χ3n) is 3.03. The molecule has 0 saturated heterocycles. The Labute approximate surface area is 106 Å². The minimum absolute atomic E-state index is 0.229. The summed E-state index contributed by atoms with van der Waals surface area (Å²) in [6.07, 6.45) is 8.18. The molecule has 1 fully saturated rings. The van der Waals surface area contributed by atoms with Crippen LogP contribution in [0.25, 0.3) is 0 Å². The standard InChI is InChI=1S/C11H15Cl2N3/c12-9-7-15-11(13)16-10(9)14-6-5-8-3-1-2-4-8/h7-8H,1-6H2,(H,14,15,16). The van der Waals surface area contributed by atoms with Crippen LogP contribution < -0.4 is 5.32 Å². The first-order chi connectivity index (χ1) is 7.75. The summed E-state index contributed by atoms with van der Waals surface area (Å²) in [7, 11) is 0. The lowest BCUT2D eigenvalue weighted by molar-refractivity contribution is 0.518. The van der Waals surface area contributed by atoms with Gasteiger partial charge in [-0.1, -0.05) is 37.3 Å². The second-order valence-electron chi connectivity index (χ2n) is 4.20. The molecular weight excluding hydrogens is 245 g/mol. The molecule has 3 nitrogen and oxygen atoms in total. The molecule has 0 unspecified atom stereocenters. The molecule has 0 radical (unpaired) electrons. The summed E-state index contributed by atoms with van der Waals surface area (Å²) < 4.78 is 0. The highest BCUT2D eigenvalue weighted by Gasteiger charge is 2.14. The molecule has 1 aliphatic rings. The van der Waals surface area contributed by atoms with Gasteiger partial charge in [0.1, 0.15) is 10.8 Å². The van der Waals surface area contributed by atoms with Crippen LogP contribution in [-0.2, 0) is 0 Å². The van der Waals surface area contributed by atoms with Crippen LogP contribution in [0.5, 0.6) is 0 Å². The zero-order valence-electron chi connectivity index (χ0n) is 9.05. The summed E-state index contributed by atoms with van der Waals surface area (Å²) in [5, 5.41) is 3.97. The first-order valence-corrected chi connectivity index (χ1v) is 6.43. The summed E-state index contributed by atoms with van der Waals surface area (Å²) in [6, 6.07) is 0. The zero-order chi connectivity index (χ0) is 11.4. The second-order valence-corrected chi connectivity index (χ2v) is 4.95. The lowest BCUT2D eigenvalue weighted by Crippen LogP contribution is -2.08. The topological polar surface area (TPSA) is 37.8 Å². The Kier molecular flexibility index (Phi) is 4.24. The molecular formula is C11H15Cl2N3. The van der Waals surface area contributed by atoms with Crippen LogP contribution in [0, 0.1) is 5.92 Å². The van der Waals surface area contributed by atoms with Crippen molar-refractivity contribution in [3.05, 3.63) is 16.5 Å². The second kappa shape index (κ2) is 5.69. The Morgan fingerprint density at radius 2 is 2.06 bits per heavy atom. The molecule has 2 rings (SSSR count). The van der Waals surface area contributed by atoms with Crippen molar-refractivity contribution in [1.82, 2.24) is 9.97 Å². The van der Waals surface area contributed by atoms with E-state index in [-0.39, 0.29) is 5.28 Å². The Hall–Kier alpha value is -0.540. The first kappa shape index (κ1) is 11.9. The van der Waals surface area contributed by atoms with Crippen LogP contribution in [0.3, 0.4) is 0 Å². The molecule has 1 aliphatic carbocycles. The molecule has 1 N–H and O–H groups in total. The minimum Gasteiger partial charge on any atom is -0.369 e. The van der Waals surface area contributed by atoms with Crippen LogP contribution >= 0.6 is 23.2 Å². The molecule has 0 bridgehead atoms. The normalized spacial score (nSPS) is 16.6.